The summed E-state index contributed by atoms with van der Waals surface area (Å²) in [6.07, 6.45) is 0.169. The number of rotatable bonds is 5. The van der Waals surface area contributed by atoms with Crippen LogP contribution >= 0.6 is 0 Å². The lowest BCUT2D eigenvalue weighted by molar-refractivity contribution is -0.154. The Labute approximate surface area is 232 Å². The number of amides is 3. The van der Waals surface area contributed by atoms with Crippen LogP contribution in [0.1, 0.15) is 36.3 Å². The number of Topliss-reactive ketones (excluding diaryl/α,β-unsaturated/α-hetero) is 1. The van der Waals surface area contributed by atoms with E-state index >= 15 is 0 Å². The summed E-state index contributed by atoms with van der Waals surface area (Å²) in [5, 5.41) is 27.0. The van der Waals surface area contributed by atoms with Gasteiger partial charge in [0, 0.05) is 25.6 Å². The molecule has 0 radical (unpaired) electrons. The van der Waals surface area contributed by atoms with Crippen LogP contribution in [0, 0.1) is 17.8 Å². The van der Waals surface area contributed by atoms with Gasteiger partial charge >= 0.3 is 0 Å². The molecule has 0 aliphatic carbocycles. The lowest BCUT2D eigenvalue weighted by Gasteiger charge is -2.41. The summed E-state index contributed by atoms with van der Waals surface area (Å²) >= 11 is 0. The second-order valence-corrected chi connectivity index (χ2v) is 10.7. The average Bonchev–Trinajstić information content (AvgIpc) is 2.91. The summed E-state index contributed by atoms with van der Waals surface area (Å²) in [6, 6.07) is 9.12. The monoisotopic (exact) mass is 552 g/mol. The lowest BCUT2D eigenvalue weighted by atomic mass is 9.84. The Bertz CT molecular complexity index is 1240. The predicted molar refractivity (Wildman–Crippen MR) is 144 cm³/mol. The van der Waals surface area contributed by atoms with E-state index < -0.39 is 53.8 Å². The molecule has 1 aromatic heterocycles. The topological polar surface area (TPSA) is 158 Å². The van der Waals surface area contributed by atoms with Crippen molar-refractivity contribution in [2.45, 2.75) is 50.9 Å². The van der Waals surface area contributed by atoms with Crippen molar-refractivity contribution < 1.29 is 34.1 Å². The van der Waals surface area contributed by atoms with Gasteiger partial charge in [0.1, 0.15) is 11.8 Å². The van der Waals surface area contributed by atoms with Crippen LogP contribution in [0.25, 0.3) is 0 Å². The zero-order chi connectivity index (χ0) is 29.0. The van der Waals surface area contributed by atoms with Crippen molar-refractivity contribution in [3.8, 4) is 5.75 Å². The molecular weight excluding hydrogens is 516 g/mol. The highest BCUT2D eigenvalue weighted by molar-refractivity contribution is 5.98. The molecule has 2 aliphatic heterocycles. The van der Waals surface area contributed by atoms with E-state index in [4.69, 9.17) is 4.74 Å². The van der Waals surface area contributed by atoms with Crippen molar-refractivity contribution in [1.29, 1.82) is 0 Å². The number of nitrogens with one attached hydrogen (secondary N) is 2. The molecule has 3 heterocycles. The van der Waals surface area contributed by atoms with Gasteiger partial charge in [-0.2, -0.15) is 0 Å². The largest absolute Gasteiger partial charge is 0.505 e. The highest BCUT2D eigenvalue weighted by Crippen LogP contribution is 2.27. The van der Waals surface area contributed by atoms with Gasteiger partial charge < -0.3 is 30.5 Å². The Kier molecular flexibility index (Phi) is 9.16. The number of hydrogen-bond acceptors (Lipinski definition) is 8. The first-order valence-electron chi connectivity index (χ1n) is 13.4. The fourth-order valence-electron chi connectivity index (χ4n) is 5.39. The zero-order valence-corrected chi connectivity index (χ0v) is 22.8. The van der Waals surface area contributed by atoms with Crippen molar-refractivity contribution in [3.63, 3.8) is 0 Å². The van der Waals surface area contributed by atoms with Gasteiger partial charge in [-0.25, -0.2) is 4.98 Å². The smallest absolute Gasteiger partial charge is 0.274 e. The van der Waals surface area contributed by atoms with Crippen molar-refractivity contribution in [1.82, 2.24) is 20.5 Å². The van der Waals surface area contributed by atoms with Gasteiger partial charge in [-0.3, -0.25) is 19.2 Å². The number of carbonyl (C=O) groups excluding carboxylic acids is 4. The summed E-state index contributed by atoms with van der Waals surface area (Å²) in [5.74, 6) is -4.29. The second kappa shape index (κ2) is 12.6. The van der Waals surface area contributed by atoms with E-state index in [-0.39, 0.29) is 36.0 Å². The molecule has 0 saturated carbocycles. The van der Waals surface area contributed by atoms with Crippen molar-refractivity contribution >= 4 is 23.5 Å². The number of ketones is 1. The first-order chi connectivity index (χ1) is 19.1. The van der Waals surface area contributed by atoms with Crippen LogP contribution in [0.5, 0.6) is 5.75 Å². The number of benzene rings is 1. The van der Waals surface area contributed by atoms with Crippen LogP contribution in [-0.2, 0) is 25.5 Å². The van der Waals surface area contributed by atoms with E-state index in [1.54, 1.807) is 20.9 Å². The van der Waals surface area contributed by atoms with Gasteiger partial charge in [0.25, 0.3) is 5.91 Å². The maximum Gasteiger partial charge on any atom is 0.274 e. The lowest BCUT2D eigenvalue weighted by Crippen LogP contribution is -2.60. The normalized spacial score (nSPS) is 28.6. The molecule has 3 amide bonds. The average molecular weight is 553 g/mol. The number of ether oxygens (including phenoxy) is 1. The zero-order valence-electron chi connectivity index (χ0n) is 22.8. The molecule has 2 saturated heterocycles. The molecule has 4 rings (SSSR count). The predicted octanol–water partition coefficient (Wildman–Crippen LogP) is 0.692. The molecule has 6 atom stereocenters. The van der Waals surface area contributed by atoms with E-state index in [0.29, 0.717) is 13.2 Å². The number of pyridine rings is 1. The molecule has 214 valence electrons. The fraction of sp³-hybridized carbons (Fsp3) is 0.483. The van der Waals surface area contributed by atoms with Crippen LogP contribution in [0.15, 0.2) is 48.7 Å². The third kappa shape index (κ3) is 6.31. The number of aromatic nitrogens is 1. The van der Waals surface area contributed by atoms with Crippen LogP contribution < -0.4 is 10.6 Å². The summed E-state index contributed by atoms with van der Waals surface area (Å²) < 4.78 is 5.31. The molecule has 1 aromatic carbocycles. The SMILES string of the molecule is C[C@H]1CC(=O)C(C2COC2)N(C)C(=O)[C@H](C)[C@H](O)[C@H](Cc2ccccc2)NC(=O)[C@H]1NC(=O)c1ncccc1O. The Balaban J connectivity index is 1.70. The fourth-order valence-corrected chi connectivity index (χ4v) is 5.39. The Morgan fingerprint density at radius 2 is 1.82 bits per heavy atom. The molecule has 2 aliphatic rings. The minimum absolute atomic E-state index is 0.106. The Morgan fingerprint density at radius 1 is 1.12 bits per heavy atom. The van der Waals surface area contributed by atoms with Gasteiger partial charge in [0.15, 0.2) is 11.5 Å². The standard InChI is InChI=1S/C29H36N4O7/c1-16-12-22(35)25(19-14-40-15-19)33(3)29(39)17(2)26(36)20(13-18-8-5-4-6-9-18)31-27(37)23(16)32-28(38)24-21(34)10-7-11-30-24/h4-11,16-17,19-20,23,25-26,34,36H,12-15H2,1-3H3,(H,31,37)(H,32,38)/t16-,17+,20-,23-,25?,26-/m0/s1. The minimum atomic E-state index is -1.29. The van der Waals surface area contributed by atoms with Gasteiger partial charge in [0.2, 0.25) is 11.8 Å². The van der Waals surface area contributed by atoms with Crippen molar-refractivity contribution in [3.05, 3.63) is 59.9 Å². The van der Waals surface area contributed by atoms with Crippen LogP contribution in [-0.4, -0.2) is 88.1 Å². The van der Waals surface area contributed by atoms with Gasteiger partial charge in [-0.1, -0.05) is 44.2 Å². The number of aliphatic hydroxyl groups excluding tert-OH is 1. The molecular formula is C29H36N4O7. The highest BCUT2D eigenvalue weighted by atomic mass is 16.5. The number of hydrogen-bond donors (Lipinski definition) is 4. The van der Waals surface area contributed by atoms with E-state index in [2.05, 4.69) is 15.6 Å². The number of likely N-dealkylation sites (N-methyl/N-ethyl adjacent to an activating group) is 1. The number of aliphatic hydroxyl groups is 1. The summed E-state index contributed by atoms with van der Waals surface area (Å²) in [5.41, 5.74) is 0.572. The van der Waals surface area contributed by atoms with Crippen LogP contribution in [0.4, 0.5) is 0 Å². The third-order valence-electron chi connectivity index (χ3n) is 7.81. The Morgan fingerprint density at radius 3 is 2.45 bits per heavy atom. The van der Waals surface area contributed by atoms with E-state index in [9.17, 15) is 29.4 Å². The maximum absolute atomic E-state index is 13.7. The highest BCUT2D eigenvalue weighted by Gasteiger charge is 2.44. The molecule has 11 nitrogen and oxygen atoms in total. The summed E-state index contributed by atoms with van der Waals surface area (Å²) in [4.78, 5) is 59.2. The molecule has 0 bridgehead atoms. The molecule has 40 heavy (non-hydrogen) atoms. The molecule has 2 aromatic rings. The quantitative estimate of drug-likeness (QED) is 0.422. The first-order valence-corrected chi connectivity index (χ1v) is 13.4. The van der Waals surface area contributed by atoms with Crippen LogP contribution in [0.3, 0.4) is 0 Å². The van der Waals surface area contributed by atoms with Gasteiger partial charge in [-0.15, -0.1) is 0 Å². The first kappa shape index (κ1) is 29.2. The molecule has 1 unspecified atom stereocenters. The molecule has 4 N–H and O–H groups in total. The Hall–Kier alpha value is -3.83. The van der Waals surface area contributed by atoms with Crippen LogP contribution in [0.2, 0.25) is 0 Å². The van der Waals surface area contributed by atoms with Crippen molar-refractivity contribution in [2.75, 3.05) is 20.3 Å². The van der Waals surface area contributed by atoms with E-state index in [1.165, 1.54) is 23.2 Å². The number of aromatic hydroxyl groups is 1. The molecule has 0 spiro atoms. The van der Waals surface area contributed by atoms with Gasteiger partial charge in [-0.05, 0) is 30.0 Å². The third-order valence-corrected chi connectivity index (χ3v) is 7.81. The second-order valence-electron chi connectivity index (χ2n) is 10.7. The van der Waals surface area contributed by atoms with E-state index in [0.717, 1.165) is 5.56 Å². The van der Waals surface area contributed by atoms with Crippen molar-refractivity contribution in [2.24, 2.45) is 17.8 Å². The number of carbonyl (C=O) groups is 4. The summed E-state index contributed by atoms with van der Waals surface area (Å²) in [6.45, 7) is 3.86. The van der Waals surface area contributed by atoms with Gasteiger partial charge in [0.05, 0.1) is 37.3 Å². The molecule has 11 heteroatoms. The number of nitrogens with zero attached hydrogens (tertiary/aromatic N) is 2. The molecule has 2 fully saturated rings. The minimum Gasteiger partial charge on any atom is -0.505 e. The maximum atomic E-state index is 13.7. The van der Waals surface area contributed by atoms with E-state index in [1.807, 2.05) is 30.3 Å². The summed E-state index contributed by atoms with van der Waals surface area (Å²) in [7, 11) is 1.55.